The number of carbonyl (C=O) groups excluding carboxylic acids is 1. The number of carbonyl (C=O) groups is 1. The second kappa shape index (κ2) is 8.01. The van der Waals surface area contributed by atoms with E-state index in [1.807, 2.05) is 10.8 Å². The van der Waals surface area contributed by atoms with Crippen molar-refractivity contribution in [1.29, 1.82) is 0 Å². The first kappa shape index (κ1) is 20.8. The van der Waals surface area contributed by atoms with Gasteiger partial charge in [0.15, 0.2) is 5.69 Å². The van der Waals surface area contributed by atoms with Crippen LogP contribution < -0.4 is 5.43 Å². The van der Waals surface area contributed by atoms with Crippen molar-refractivity contribution in [2.75, 3.05) is 13.1 Å². The van der Waals surface area contributed by atoms with E-state index in [0.717, 1.165) is 12.1 Å². The molecule has 0 radical (unpaired) electrons. The number of likely N-dealkylation sites (tertiary alicyclic amines) is 1. The van der Waals surface area contributed by atoms with Gasteiger partial charge in [-0.05, 0) is 38.0 Å². The Hall–Kier alpha value is -3.43. The molecule has 1 aliphatic rings. The second-order valence-corrected chi connectivity index (χ2v) is 7.49. The minimum Gasteiger partial charge on any atom is -0.337 e. The van der Waals surface area contributed by atoms with E-state index in [2.05, 4.69) is 10.1 Å². The molecule has 4 rings (SSSR count). The van der Waals surface area contributed by atoms with Crippen molar-refractivity contribution in [2.45, 2.75) is 32.0 Å². The van der Waals surface area contributed by atoms with E-state index in [1.165, 1.54) is 22.9 Å². The summed E-state index contributed by atoms with van der Waals surface area (Å²) in [5, 5.41) is 4.14. The zero-order valence-corrected chi connectivity index (χ0v) is 16.7. The quantitative estimate of drug-likeness (QED) is 0.638. The molecular formula is C21H20F3N5O2. The first-order valence-electron chi connectivity index (χ1n) is 9.79. The van der Waals surface area contributed by atoms with Crippen molar-refractivity contribution in [3.63, 3.8) is 0 Å². The average Bonchev–Trinajstić information content (AvgIpc) is 3.28. The average molecular weight is 431 g/mol. The van der Waals surface area contributed by atoms with Gasteiger partial charge in [-0.15, -0.1) is 0 Å². The molecular weight excluding hydrogens is 411 g/mol. The van der Waals surface area contributed by atoms with Crippen LogP contribution in [0.1, 0.15) is 40.6 Å². The number of aryl methyl sites for hydroxylation is 1. The Kier molecular flexibility index (Phi) is 5.38. The standard InChI is InChI=1S/C21H20F3N5O2/c1-14-11-18(30)19(26-29(14)17-4-2-3-15(12-17)21(22,23)24)20(31)27-8-5-16(6-9-27)28-10-7-25-13-28/h2-4,7,10-13,16H,5-6,8-9H2,1H3. The van der Waals surface area contributed by atoms with Gasteiger partial charge >= 0.3 is 6.18 Å². The molecule has 1 saturated heterocycles. The van der Waals surface area contributed by atoms with Crippen molar-refractivity contribution in [1.82, 2.24) is 24.2 Å². The molecule has 2 aromatic heterocycles. The number of imidazole rings is 1. The third-order valence-corrected chi connectivity index (χ3v) is 5.43. The van der Waals surface area contributed by atoms with Crippen molar-refractivity contribution >= 4 is 5.91 Å². The van der Waals surface area contributed by atoms with Gasteiger partial charge in [-0.3, -0.25) is 9.59 Å². The SMILES string of the molecule is Cc1cc(=O)c(C(=O)N2CCC(n3ccnc3)CC2)nn1-c1cccc(C(F)(F)F)c1. The van der Waals surface area contributed by atoms with Gasteiger partial charge < -0.3 is 9.47 Å². The van der Waals surface area contributed by atoms with Crippen LogP contribution in [0.25, 0.3) is 5.69 Å². The fourth-order valence-electron chi connectivity index (χ4n) is 3.77. The first-order chi connectivity index (χ1) is 14.7. The Bertz CT molecular complexity index is 1150. The highest BCUT2D eigenvalue weighted by atomic mass is 19.4. The lowest BCUT2D eigenvalue weighted by Gasteiger charge is -2.32. The van der Waals surface area contributed by atoms with E-state index in [-0.39, 0.29) is 17.4 Å². The summed E-state index contributed by atoms with van der Waals surface area (Å²) in [5.41, 5.74) is -1.23. The molecule has 1 aliphatic heterocycles. The highest BCUT2D eigenvalue weighted by Gasteiger charge is 2.31. The van der Waals surface area contributed by atoms with Gasteiger partial charge in [-0.1, -0.05) is 6.07 Å². The third kappa shape index (κ3) is 4.23. The lowest BCUT2D eigenvalue weighted by atomic mass is 10.0. The van der Waals surface area contributed by atoms with Crippen LogP contribution in [-0.2, 0) is 6.18 Å². The summed E-state index contributed by atoms with van der Waals surface area (Å²) >= 11 is 0. The molecule has 10 heteroatoms. The molecule has 31 heavy (non-hydrogen) atoms. The molecule has 3 heterocycles. The lowest BCUT2D eigenvalue weighted by Crippen LogP contribution is -2.41. The monoisotopic (exact) mass is 431 g/mol. The van der Waals surface area contributed by atoms with Crippen LogP contribution in [0.3, 0.4) is 0 Å². The van der Waals surface area contributed by atoms with Crippen LogP contribution in [0.15, 0.2) is 53.8 Å². The predicted octanol–water partition coefficient (Wildman–Crippen LogP) is 3.23. The zero-order valence-electron chi connectivity index (χ0n) is 16.7. The molecule has 3 aromatic rings. The van der Waals surface area contributed by atoms with Crippen LogP contribution in [0.5, 0.6) is 0 Å². The lowest BCUT2D eigenvalue weighted by molar-refractivity contribution is -0.137. The fourth-order valence-corrected chi connectivity index (χ4v) is 3.77. The maximum atomic E-state index is 13.1. The van der Waals surface area contributed by atoms with Gasteiger partial charge in [-0.2, -0.15) is 18.3 Å². The molecule has 1 fully saturated rings. The van der Waals surface area contributed by atoms with E-state index in [9.17, 15) is 22.8 Å². The van der Waals surface area contributed by atoms with E-state index >= 15 is 0 Å². The summed E-state index contributed by atoms with van der Waals surface area (Å²) in [6, 6.07) is 6.05. The van der Waals surface area contributed by atoms with E-state index in [0.29, 0.717) is 31.6 Å². The Labute approximate surface area is 175 Å². The molecule has 0 aliphatic carbocycles. The molecule has 0 saturated carbocycles. The van der Waals surface area contributed by atoms with E-state index in [1.54, 1.807) is 24.3 Å². The maximum Gasteiger partial charge on any atom is 0.416 e. The largest absolute Gasteiger partial charge is 0.416 e. The van der Waals surface area contributed by atoms with E-state index < -0.39 is 23.1 Å². The van der Waals surface area contributed by atoms with Crippen molar-refractivity contribution in [2.24, 2.45) is 0 Å². The number of hydrogen-bond donors (Lipinski definition) is 0. The van der Waals surface area contributed by atoms with Crippen molar-refractivity contribution in [3.05, 3.63) is 76.2 Å². The Morgan fingerprint density at radius 3 is 2.55 bits per heavy atom. The van der Waals surface area contributed by atoms with E-state index in [4.69, 9.17) is 0 Å². The minimum absolute atomic E-state index is 0.125. The Balaban J connectivity index is 1.60. The summed E-state index contributed by atoms with van der Waals surface area (Å²) < 4.78 is 42.4. The predicted molar refractivity (Wildman–Crippen MR) is 106 cm³/mol. The highest BCUT2D eigenvalue weighted by Crippen LogP contribution is 2.30. The fraction of sp³-hybridized carbons (Fsp3) is 0.333. The van der Waals surface area contributed by atoms with Gasteiger partial charge in [0.1, 0.15) is 0 Å². The molecule has 0 spiro atoms. The first-order valence-corrected chi connectivity index (χ1v) is 9.79. The summed E-state index contributed by atoms with van der Waals surface area (Å²) in [5.74, 6) is -0.519. The molecule has 0 unspecified atom stereocenters. The number of aromatic nitrogens is 4. The molecule has 0 atom stereocenters. The number of alkyl halides is 3. The Morgan fingerprint density at radius 2 is 1.90 bits per heavy atom. The summed E-state index contributed by atoms with van der Waals surface area (Å²) in [6.07, 6.45) is 2.20. The number of hydrogen-bond acceptors (Lipinski definition) is 4. The number of halogens is 3. The van der Waals surface area contributed by atoms with Crippen LogP contribution in [0.2, 0.25) is 0 Å². The molecule has 1 amide bonds. The highest BCUT2D eigenvalue weighted by molar-refractivity contribution is 5.92. The second-order valence-electron chi connectivity index (χ2n) is 7.49. The maximum absolute atomic E-state index is 13.1. The van der Waals surface area contributed by atoms with Gasteiger partial charge in [0.05, 0.1) is 17.6 Å². The van der Waals surface area contributed by atoms with Gasteiger partial charge in [0, 0.05) is 43.3 Å². The van der Waals surface area contributed by atoms with Crippen molar-refractivity contribution < 1.29 is 18.0 Å². The smallest absolute Gasteiger partial charge is 0.337 e. The minimum atomic E-state index is -4.51. The van der Waals surface area contributed by atoms with Crippen LogP contribution in [-0.4, -0.2) is 43.2 Å². The number of benzene rings is 1. The van der Waals surface area contributed by atoms with Gasteiger partial charge in [0.25, 0.3) is 5.91 Å². The van der Waals surface area contributed by atoms with Crippen LogP contribution in [0.4, 0.5) is 13.2 Å². The summed E-state index contributed by atoms with van der Waals surface area (Å²) in [6.45, 7) is 2.44. The molecule has 7 nitrogen and oxygen atoms in total. The third-order valence-electron chi connectivity index (χ3n) is 5.43. The van der Waals surface area contributed by atoms with Gasteiger partial charge in [0.2, 0.25) is 5.43 Å². The molecule has 1 aromatic carbocycles. The molecule has 162 valence electrons. The summed E-state index contributed by atoms with van der Waals surface area (Å²) in [4.78, 5) is 31.1. The Morgan fingerprint density at radius 1 is 1.16 bits per heavy atom. The topological polar surface area (TPSA) is 73.0 Å². The van der Waals surface area contributed by atoms with Crippen LogP contribution >= 0.6 is 0 Å². The number of nitrogens with zero attached hydrogens (tertiary/aromatic N) is 5. The summed E-state index contributed by atoms with van der Waals surface area (Å²) in [7, 11) is 0. The van der Waals surface area contributed by atoms with Gasteiger partial charge in [-0.25, -0.2) is 9.67 Å². The number of amides is 1. The van der Waals surface area contributed by atoms with Crippen molar-refractivity contribution in [3.8, 4) is 5.69 Å². The van der Waals surface area contributed by atoms with Crippen LogP contribution in [0, 0.1) is 6.92 Å². The molecule has 0 N–H and O–H groups in total. The zero-order chi connectivity index (χ0) is 22.2. The number of rotatable bonds is 3. The normalized spacial score (nSPS) is 15.3. The molecule has 0 bridgehead atoms. The number of piperidine rings is 1.